The van der Waals surface area contributed by atoms with Crippen LogP contribution in [0.25, 0.3) is 0 Å². The number of hydrogen-bond acceptors (Lipinski definition) is 6. The fourth-order valence-corrected chi connectivity index (χ4v) is 9.13. The van der Waals surface area contributed by atoms with Gasteiger partial charge in [0.1, 0.15) is 11.9 Å². The van der Waals surface area contributed by atoms with E-state index in [1.807, 2.05) is 13.8 Å². The van der Waals surface area contributed by atoms with Crippen molar-refractivity contribution < 1.29 is 29.0 Å². The Morgan fingerprint density at radius 1 is 1.12 bits per heavy atom. The summed E-state index contributed by atoms with van der Waals surface area (Å²) in [7, 11) is 1.30. The topological polar surface area (TPSA) is 89.9 Å². The normalized spacial score (nSPS) is 48.5. The molecule has 1 N–H and O–H groups in total. The highest BCUT2D eigenvalue weighted by Crippen LogP contribution is 2.78. The lowest BCUT2D eigenvalue weighted by molar-refractivity contribution is -0.262. The van der Waals surface area contributed by atoms with Gasteiger partial charge in [0, 0.05) is 16.9 Å². The second kappa shape index (κ2) is 5.87. The van der Waals surface area contributed by atoms with Crippen molar-refractivity contribution in [3.8, 4) is 0 Å². The van der Waals surface area contributed by atoms with Gasteiger partial charge in [0.05, 0.1) is 17.9 Å². The zero-order chi connectivity index (χ0) is 23.6. The second-order valence-corrected chi connectivity index (χ2v) is 11.8. The number of ether oxygens (including phenoxy) is 2. The zero-order valence-corrected chi connectivity index (χ0v) is 20.1. The third-order valence-corrected chi connectivity index (χ3v) is 10.8. The first-order valence-electron chi connectivity index (χ1n) is 11.7. The Kier molecular flexibility index (Phi) is 3.98. The minimum atomic E-state index is -1.62. The van der Waals surface area contributed by atoms with Gasteiger partial charge in [0.2, 0.25) is 0 Å². The summed E-state index contributed by atoms with van der Waals surface area (Å²) in [6, 6.07) is 0. The standard InChI is InChI=1S/C26H34O6/c1-13-12-16-23(5,26(21(30)31-7)19(28)14(2)18(27)24(13,26)6)10-8-15-22(3,4)17-9-11-25(15,16)20(29)32-17/h12,15-17,27H,8-11H2,1-7H3/t15-,16+,17-,23+,24+,25+,26-/m1/s1. The number of esters is 2. The molecule has 2 bridgehead atoms. The minimum Gasteiger partial charge on any atom is -0.511 e. The predicted octanol–water partition coefficient (Wildman–Crippen LogP) is 4.29. The lowest BCUT2D eigenvalue weighted by atomic mass is 9.32. The summed E-state index contributed by atoms with van der Waals surface area (Å²) in [5.74, 6) is -1.51. The van der Waals surface area contributed by atoms with Gasteiger partial charge in [-0.05, 0) is 57.8 Å². The van der Waals surface area contributed by atoms with E-state index in [4.69, 9.17) is 9.47 Å². The number of ketones is 1. The van der Waals surface area contributed by atoms with Crippen LogP contribution in [0.4, 0.5) is 0 Å². The first-order valence-corrected chi connectivity index (χ1v) is 11.7. The quantitative estimate of drug-likeness (QED) is 0.370. The molecule has 174 valence electrons. The van der Waals surface area contributed by atoms with Gasteiger partial charge in [-0.3, -0.25) is 14.4 Å². The second-order valence-electron chi connectivity index (χ2n) is 11.8. The summed E-state index contributed by atoms with van der Waals surface area (Å²) in [5.41, 5.74) is -3.76. The molecular formula is C26H34O6. The Hall–Kier alpha value is -2.11. The number of fused-ring (bicyclic) bond motifs is 5. The van der Waals surface area contributed by atoms with Crippen molar-refractivity contribution in [3.63, 3.8) is 0 Å². The molecule has 0 aromatic rings. The van der Waals surface area contributed by atoms with Crippen LogP contribution in [0.2, 0.25) is 0 Å². The fourth-order valence-electron chi connectivity index (χ4n) is 9.13. The molecule has 0 radical (unpaired) electrons. The largest absolute Gasteiger partial charge is 0.511 e. The monoisotopic (exact) mass is 442 g/mol. The van der Waals surface area contributed by atoms with E-state index in [2.05, 4.69) is 19.9 Å². The smallest absolute Gasteiger partial charge is 0.321 e. The first kappa shape index (κ1) is 21.7. The van der Waals surface area contributed by atoms with E-state index in [9.17, 15) is 19.5 Å². The van der Waals surface area contributed by atoms with E-state index < -0.39 is 27.6 Å². The maximum Gasteiger partial charge on any atom is 0.321 e. The van der Waals surface area contributed by atoms with E-state index in [1.165, 1.54) is 7.11 Å². The van der Waals surface area contributed by atoms with Gasteiger partial charge in [-0.15, -0.1) is 0 Å². The molecule has 1 spiro atoms. The third-order valence-electron chi connectivity index (χ3n) is 10.8. The number of hydrogen-bond donors (Lipinski definition) is 1. The molecular weight excluding hydrogens is 408 g/mol. The van der Waals surface area contributed by atoms with E-state index in [-0.39, 0.29) is 46.4 Å². The van der Waals surface area contributed by atoms with Crippen molar-refractivity contribution in [2.24, 2.45) is 38.9 Å². The number of allylic oxidation sites excluding steroid dienone is 3. The summed E-state index contributed by atoms with van der Waals surface area (Å²) in [5, 5.41) is 11.2. The number of aliphatic hydroxyl groups is 1. The van der Waals surface area contributed by atoms with Crippen LogP contribution in [0.15, 0.2) is 23.0 Å². The molecule has 6 nitrogen and oxygen atoms in total. The summed E-state index contributed by atoms with van der Waals surface area (Å²) in [4.78, 5) is 41.3. The van der Waals surface area contributed by atoms with E-state index >= 15 is 0 Å². The third kappa shape index (κ3) is 1.80. The van der Waals surface area contributed by atoms with Crippen molar-refractivity contribution >= 4 is 17.7 Å². The van der Waals surface area contributed by atoms with Gasteiger partial charge in [-0.1, -0.05) is 32.4 Å². The van der Waals surface area contributed by atoms with Gasteiger partial charge in [0.25, 0.3) is 0 Å². The van der Waals surface area contributed by atoms with E-state index in [1.54, 1.807) is 13.8 Å². The van der Waals surface area contributed by atoms with Crippen LogP contribution in [-0.2, 0) is 23.9 Å². The van der Waals surface area contributed by atoms with Crippen molar-refractivity contribution in [1.82, 2.24) is 0 Å². The molecule has 7 atom stereocenters. The summed E-state index contributed by atoms with van der Waals surface area (Å²) < 4.78 is 11.3. The average molecular weight is 443 g/mol. The van der Waals surface area contributed by atoms with E-state index in [0.29, 0.717) is 12.8 Å². The van der Waals surface area contributed by atoms with Gasteiger partial charge < -0.3 is 14.6 Å². The first-order chi connectivity index (χ1) is 14.8. The molecule has 4 aliphatic carbocycles. The van der Waals surface area contributed by atoms with Crippen molar-refractivity contribution in [3.05, 3.63) is 23.0 Å². The van der Waals surface area contributed by atoms with Crippen LogP contribution in [0.5, 0.6) is 0 Å². The molecule has 6 aliphatic rings. The van der Waals surface area contributed by atoms with Gasteiger partial charge in [0.15, 0.2) is 11.2 Å². The Labute approximate surface area is 189 Å². The molecule has 0 aromatic heterocycles. The highest BCUT2D eigenvalue weighted by molar-refractivity contribution is 6.17. The van der Waals surface area contributed by atoms with Crippen LogP contribution in [0.3, 0.4) is 0 Å². The molecule has 6 heteroatoms. The van der Waals surface area contributed by atoms with Crippen LogP contribution in [0, 0.1) is 38.9 Å². The van der Waals surface area contributed by atoms with E-state index in [0.717, 1.165) is 18.4 Å². The van der Waals surface area contributed by atoms with Crippen molar-refractivity contribution in [2.75, 3.05) is 7.11 Å². The Morgan fingerprint density at radius 2 is 1.78 bits per heavy atom. The lowest BCUT2D eigenvalue weighted by Gasteiger charge is -2.70. The highest BCUT2D eigenvalue weighted by Gasteiger charge is 2.82. The van der Waals surface area contributed by atoms with Crippen LogP contribution in [0.1, 0.15) is 67.2 Å². The number of carbonyl (C=O) groups excluding carboxylic acids is 3. The maximum atomic E-state index is 14.0. The lowest BCUT2D eigenvalue weighted by Crippen LogP contribution is -2.74. The van der Waals surface area contributed by atoms with Crippen LogP contribution in [-0.4, -0.2) is 36.0 Å². The molecule has 2 saturated carbocycles. The average Bonchev–Trinajstić information content (AvgIpc) is 2.90. The Bertz CT molecular complexity index is 1030. The Balaban J connectivity index is 1.85. The molecule has 32 heavy (non-hydrogen) atoms. The number of carbonyl (C=O) groups is 3. The van der Waals surface area contributed by atoms with Gasteiger partial charge >= 0.3 is 11.9 Å². The summed E-state index contributed by atoms with van der Waals surface area (Å²) >= 11 is 0. The summed E-state index contributed by atoms with van der Waals surface area (Å²) in [6.45, 7) is 11.6. The highest BCUT2D eigenvalue weighted by atomic mass is 16.6. The Morgan fingerprint density at radius 3 is 2.38 bits per heavy atom. The number of rotatable bonds is 1. The molecule has 2 saturated heterocycles. The molecule has 4 fully saturated rings. The molecule has 0 amide bonds. The molecule has 6 rings (SSSR count). The maximum absolute atomic E-state index is 14.0. The number of Topliss-reactive ketones (excluding diaryl/α,β-unsaturated/α-hetero) is 1. The van der Waals surface area contributed by atoms with Crippen molar-refractivity contribution in [1.29, 1.82) is 0 Å². The van der Waals surface area contributed by atoms with Crippen LogP contribution < -0.4 is 0 Å². The van der Waals surface area contributed by atoms with Gasteiger partial charge in [-0.2, -0.15) is 0 Å². The fraction of sp³-hybridized carbons (Fsp3) is 0.731. The predicted molar refractivity (Wildman–Crippen MR) is 116 cm³/mol. The number of aliphatic hydroxyl groups excluding tert-OH is 1. The molecule has 0 aromatic carbocycles. The summed E-state index contributed by atoms with van der Waals surface area (Å²) in [6.07, 6.45) is 4.77. The minimum absolute atomic E-state index is 0.0591. The van der Waals surface area contributed by atoms with Gasteiger partial charge in [-0.25, -0.2) is 0 Å². The zero-order valence-electron chi connectivity index (χ0n) is 20.1. The van der Waals surface area contributed by atoms with Crippen LogP contribution >= 0.6 is 0 Å². The number of methoxy groups -OCH3 is 1. The SMILES string of the molecule is COC(=O)[C@@]12C(=O)C(C)=C(O)[C@]1(C)C(C)=C[C@@H]1[C@@]34CC[C@@H](OC3=O)C(C)(C)[C@H]4CC[C@@]12C. The van der Waals surface area contributed by atoms with Crippen molar-refractivity contribution in [2.45, 2.75) is 73.3 Å². The molecule has 2 heterocycles. The molecule has 0 unspecified atom stereocenters. The molecule has 2 aliphatic heterocycles.